The van der Waals surface area contributed by atoms with E-state index in [1.807, 2.05) is 35.2 Å². The highest BCUT2D eigenvalue weighted by Gasteiger charge is 2.19. The number of rotatable bonds is 11. The van der Waals surface area contributed by atoms with E-state index in [9.17, 15) is 13.2 Å². The molecule has 0 saturated carbocycles. The van der Waals surface area contributed by atoms with Crippen LogP contribution in [0.2, 0.25) is 5.02 Å². The highest BCUT2D eigenvalue weighted by Crippen LogP contribution is 2.28. The number of piperazine rings is 2. The molecule has 2 aliphatic heterocycles. The molecule has 0 aliphatic carbocycles. The maximum Gasteiger partial charge on any atom is 0.229 e. The lowest BCUT2D eigenvalue weighted by molar-refractivity contribution is 0.311. The predicted molar refractivity (Wildman–Crippen MR) is 237 cm³/mol. The molecule has 4 aromatic carbocycles. The van der Waals surface area contributed by atoms with E-state index in [0.717, 1.165) is 63.6 Å². The summed E-state index contributed by atoms with van der Waals surface area (Å²) in [5.74, 6) is 0.711. The lowest BCUT2D eigenvalue weighted by Crippen LogP contribution is -2.44. The van der Waals surface area contributed by atoms with Crippen molar-refractivity contribution < 1.29 is 13.2 Å². The first-order chi connectivity index (χ1) is 29.6. The molecule has 0 bridgehead atoms. The first kappa shape index (κ1) is 42.5. The first-order valence-electron chi connectivity index (χ1n) is 19.7. The zero-order valence-corrected chi connectivity index (χ0v) is 34.5. The molecule has 0 spiro atoms. The first-order valence-corrected chi connectivity index (χ1v) is 20.1. The number of nitrogens with one attached hydrogen (secondary N) is 4. The van der Waals surface area contributed by atoms with E-state index in [-0.39, 0.29) is 16.7 Å². The molecule has 2 fully saturated rings. The van der Waals surface area contributed by atoms with Crippen molar-refractivity contribution >= 4 is 69.3 Å². The van der Waals surface area contributed by atoms with Crippen LogP contribution in [0.5, 0.6) is 0 Å². The van der Waals surface area contributed by atoms with Crippen molar-refractivity contribution in [2.24, 2.45) is 0 Å². The Labute approximate surface area is 357 Å². The molecule has 0 unspecified atom stereocenters. The van der Waals surface area contributed by atoms with E-state index < -0.39 is 5.82 Å². The summed E-state index contributed by atoms with van der Waals surface area (Å²) in [6, 6.07) is 27.6. The quantitative estimate of drug-likeness (QED) is 0.0993. The number of hydrogen-bond donors (Lipinski definition) is 4. The summed E-state index contributed by atoms with van der Waals surface area (Å²) in [5, 5.41) is 21.2. The number of halogens is 4. The third-order valence-corrected chi connectivity index (χ3v) is 10.4. The van der Waals surface area contributed by atoms with Crippen LogP contribution >= 0.6 is 11.6 Å². The van der Waals surface area contributed by atoms with E-state index in [4.69, 9.17) is 16.9 Å². The zero-order chi connectivity index (χ0) is 42.7. The second-order valence-electron chi connectivity index (χ2n) is 14.6. The summed E-state index contributed by atoms with van der Waals surface area (Å²) < 4.78 is 42.7. The number of hydrogen-bond acceptors (Lipinski definition) is 13. The molecule has 2 saturated heterocycles. The lowest BCUT2D eigenvalue weighted by atomic mass is 10.1. The molecule has 2 aliphatic rings. The molecule has 61 heavy (non-hydrogen) atoms. The average Bonchev–Trinajstić information content (AvgIpc) is 3.24. The minimum absolute atomic E-state index is 0.0170. The molecule has 8 rings (SSSR count). The molecule has 0 atom stereocenters. The Kier molecular flexibility index (Phi) is 14.0. The standard InChI is InChI=1S/C23H24FN7.C21H21ClF2N6/c1-30-11-13-31(14-12-30)21-6-5-19(16-20(21)24)28-23-26-10-8-22(29-23)27-18-4-2-3-17(15-18)7-9-25;1-29-8-10-30(11-9-29)19-5-3-15(13-18(19)24)27-21-25-7-6-20(28-21)26-14-2-4-17(23)16(22)12-14/h2-6,8,10,15-16H,7,11-14H2,1H3,(H2,26,27,28,29);2-7,12-13H,8-11H2,1H3,(H2,25,26,27,28). The third-order valence-electron chi connectivity index (χ3n) is 10.1. The van der Waals surface area contributed by atoms with Gasteiger partial charge in [-0.05, 0) is 98.5 Å². The van der Waals surface area contributed by atoms with Gasteiger partial charge in [0.05, 0.1) is 28.9 Å². The van der Waals surface area contributed by atoms with E-state index >= 15 is 0 Å². The summed E-state index contributed by atoms with van der Waals surface area (Å²) >= 11 is 5.81. The van der Waals surface area contributed by atoms with Crippen LogP contribution in [0.25, 0.3) is 0 Å². The van der Waals surface area contributed by atoms with Crippen LogP contribution < -0.4 is 31.1 Å². The Morgan fingerprint density at radius 3 is 1.52 bits per heavy atom. The van der Waals surface area contributed by atoms with Crippen LogP contribution in [0.3, 0.4) is 0 Å². The van der Waals surface area contributed by atoms with E-state index in [1.54, 1.807) is 48.8 Å². The number of anilines is 10. The van der Waals surface area contributed by atoms with Crippen LogP contribution in [0.15, 0.2) is 103 Å². The van der Waals surface area contributed by atoms with Gasteiger partial charge in [-0.3, -0.25) is 0 Å². The predicted octanol–water partition coefficient (Wildman–Crippen LogP) is 8.57. The largest absolute Gasteiger partial charge is 0.367 e. The van der Waals surface area contributed by atoms with Crippen molar-refractivity contribution in [2.75, 3.05) is 97.5 Å². The summed E-state index contributed by atoms with van der Waals surface area (Å²) in [4.78, 5) is 25.8. The number of likely N-dealkylation sites (N-methyl/N-ethyl adjacent to an activating group) is 2. The number of aromatic nitrogens is 4. The molecule has 13 nitrogen and oxygen atoms in total. The second kappa shape index (κ2) is 20.1. The number of nitrogens with zero attached hydrogens (tertiary/aromatic N) is 9. The molecule has 4 N–H and O–H groups in total. The molecule has 0 amide bonds. The van der Waals surface area contributed by atoms with Gasteiger partial charge < -0.3 is 40.9 Å². The smallest absolute Gasteiger partial charge is 0.229 e. The normalized spacial score (nSPS) is 14.4. The van der Waals surface area contributed by atoms with Gasteiger partial charge in [0.1, 0.15) is 29.1 Å². The summed E-state index contributed by atoms with van der Waals surface area (Å²) in [6.45, 7) is 6.88. The van der Waals surface area contributed by atoms with Gasteiger partial charge in [-0.15, -0.1) is 0 Å². The second-order valence-corrected chi connectivity index (χ2v) is 15.0. The van der Waals surface area contributed by atoms with E-state index in [1.165, 1.54) is 24.3 Å². The fourth-order valence-corrected chi connectivity index (χ4v) is 6.91. The van der Waals surface area contributed by atoms with Crippen LogP contribution in [0.4, 0.5) is 70.8 Å². The molecule has 0 radical (unpaired) electrons. The van der Waals surface area contributed by atoms with Gasteiger partial charge in [0.25, 0.3) is 0 Å². The van der Waals surface area contributed by atoms with Gasteiger partial charge in [0.15, 0.2) is 0 Å². The molecule has 2 aromatic heterocycles. The van der Waals surface area contributed by atoms with Gasteiger partial charge in [0.2, 0.25) is 11.9 Å². The van der Waals surface area contributed by atoms with Crippen molar-refractivity contribution in [2.45, 2.75) is 6.42 Å². The van der Waals surface area contributed by atoms with Gasteiger partial charge >= 0.3 is 0 Å². The van der Waals surface area contributed by atoms with E-state index in [0.29, 0.717) is 58.4 Å². The monoisotopic (exact) mass is 847 g/mol. The van der Waals surface area contributed by atoms with E-state index in [2.05, 4.69) is 76.1 Å². The van der Waals surface area contributed by atoms with Gasteiger partial charge in [-0.1, -0.05) is 23.7 Å². The lowest BCUT2D eigenvalue weighted by Gasteiger charge is -2.34. The SMILES string of the molecule is CN1CCN(c2ccc(Nc3nccc(Nc4ccc(F)c(Cl)c4)n3)cc2F)CC1.CN1CCN(c2ccc(Nc3nccc(Nc4cccc(CC#N)c4)n3)cc2F)CC1. The Morgan fingerprint density at radius 2 is 1.05 bits per heavy atom. The zero-order valence-electron chi connectivity index (χ0n) is 33.7. The Balaban J connectivity index is 0.000000184. The number of benzene rings is 4. The van der Waals surface area contributed by atoms with Crippen molar-refractivity contribution in [1.82, 2.24) is 29.7 Å². The third kappa shape index (κ3) is 11.8. The highest BCUT2D eigenvalue weighted by molar-refractivity contribution is 6.31. The summed E-state index contributed by atoms with van der Waals surface area (Å²) in [5.41, 5.74) is 4.70. The minimum Gasteiger partial charge on any atom is -0.367 e. The summed E-state index contributed by atoms with van der Waals surface area (Å²) in [6.07, 6.45) is 3.55. The van der Waals surface area contributed by atoms with Gasteiger partial charge in [0, 0.05) is 87.5 Å². The fraction of sp³-hybridized carbons (Fsp3) is 0.250. The van der Waals surface area contributed by atoms with Crippen LogP contribution in [-0.4, -0.2) is 96.2 Å². The van der Waals surface area contributed by atoms with Crippen molar-refractivity contribution in [1.29, 1.82) is 5.26 Å². The minimum atomic E-state index is -0.491. The maximum atomic E-state index is 14.7. The molecule has 4 heterocycles. The fourth-order valence-electron chi connectivity index (χ4n) is 6.73. The topological polar surface area (TPSA) is 136 Å². The molecular weight excluding hydrogens is 803 g/mol. The molecule has 6 aromatic rings. The van der Waals surface area contributed by atoms with Crippen LogP contribution in [0, 0.1) is 28.8 Å². The maximum absolute atomic E-state index is 14.7. The van der Waals surface area contributed by atoms with Crippen LogP contribution in [0.1, 0.15) is 5.56 Å². The van der Waals surface area contributed by atoms with Gasteiger partial charge in [-0.25, -0.2) is 23.1 Å². The number of nitriles is 1. The molecular formula is C44H45ClF3N13. The Hall–Kier alpha value is -6.67. The van der Waals surface area contributed by atoms with Crippen molar-refractivity contribution in [3.8, 4) is 6.07 Å². The molecule has 17 heteroatoms. The van der Waals surface area contributed by atoms with Crippen molar-refractivity contribution in [3.05, 3.63) is 131 Å². The highest BCUT2D eigenvalue weighted by atomic mass is 35.5. The van der Waals surface area contributed by atoms with Crippen molar-refractivity contribution in [3.63, 3.8) is 0 Å². The Bertz CT molecular complexity index is 2470. The molecule has 314 valence electrons. The van der Waals surface area contributed by atoms with Gasteiger partial charge in [-0.2, -0.15) is 15.2 Å². The average molecular weight is 848 g/mol. The summed E-state index contributed by atoms with van der Waals surface area (Å²) in [7, 11) is 4.14. The Morgan fingerprint density at radius 1 is 0.574 bits per heavy atom. The van der Waals surface area contributed by atoms with Crippen LogP contribution in [-0.2, 0) is 6.42 Å².